The van der Waals surface area contributed by atoms with Crippen LogP contribution in [0.25, 0.3) is 22.2 Å². The summed E-state index contributed by atoms with van der Waals surface area (Å²) in [4.78, 5) is 18.9. The van der Waals surface area contributed by atoms with Gasteiger partial charge in [0.25, 0.3) is 0 Å². The molecule has 1 aliphatic rings. The topological polar surface area (TPSA) is 58.4 Å². The molecule has 162 valence electrons. The van der Waals surface area contributed by atoms with Crippen LogP contribution in [0.5, 0.6) is 0 Å². The first-order chi connectivity index (χ1) is 15.5. The molecule has 0 radical (unpaired) electrons. The van der Waals surface area contributed by atoms with Crippen molar-refractivity contribution in [1.29, 1.82) is 0 Å². The zero-order chi connectivity index (χ0) is 22.2. The molecule has 32 heavy (non-hydrogen) atoms. The molecule has 1 N–H and O–H groups in total. The summed E-state index contributed by atoms with van der Waals surface area (Å²) >= 11 is 0. The van der Waals surface area contributed by atoms with Crippen LogP contribution in [0.15, 0.2) is 65.1 Å². The van der Waals surface area contributed by atoms with Crippen LogP contribution in [-0.2, 0) is 0 Å². The number of anilines is 1. The van der Waals surface area contributed by atoms with Crippen LogP contribution >= 0.6 is 0 Å². The molecular weight excluding hydrogens is 419 g/mol. The predicted molar refractivity (Wildman–Crippen MR) is 113 cm³/mol. The summed E-state index contributed by atoms with van der Waals surface area (Å²) < 4.78 is 47.2. The Kier molecular flexibility index (Phi) is 5.05. The molecule has 5 nitrogen and oxygen atoms in total. The number of hydrogen-bond acceptors (Lipinski definition) is 3. The largest absolute Gasteiger partial charge is 0.438 e. The lowest BCUT2D eigenvalue weighted by Gasteiger charge is -2.22. The second-order valence-corrected chi connectivity index (χ2v) is 7.62. The molecule has 3 aromatic carbocycles. The van der Waals surface area contributed by atoms with E-state index >= 15 is 0 Å². The van der Waals surface area contributed by atoms with Crippen molar-refractivity contribution in [1.82, 2.24) is 9.88 Å². The Labute approximate surface area is 181 Å². The van der Waals surface area contributed by atoms with Gasteiger partial charge in [0, 0.05) is 18.2 Å². The Morgan fingerprint density at radius 2 is 1.88 bits per heavy atom. The van der Waals surface area contributed by atoms with Gasteiger partial charge in [-0.25, -0.2) is 22.9 Å². The minimum absolute atomic E-state index is 0.103. The lowest BCUT2D eigenvalue weighted by molar-refractivity contribution is 0.198. The van der Waals surface area contributed by atoms with E-state index < -0.39 is 29.5 Å². The van der Waals surface area contributed by atoms with Crippen molar-refractivity contribution >= 4 is 22.8 Å². The third-order valence-electron chi connectivity index (χ3n) is 5.56. The summed E-state index contributed by atoms with van der Waals surface area (Å²) in [6.45, 7) is 0.482. The summed E-state index contributed by atoms with van der Waals surface area (Å²) in [6, 6.07) is 13.5. The average molecular weight is 437 g/mol. The van der Waals surface area contributed by atoms with Gasteiger partial charge in [0.1, 0.15) is 29.0 Å². The molecule has 1 saturated heterocycles. The number of carbonyl (C=O) groups is 1. The molecule has 0 saturated carbocycles. The van der Waals surface area contributed by atoms with Crippen LogP contribution in [0.1, 0.15) is 24.8 Å². The molecular formula is C24H18F3N3O2. The number of aromatic nitrogens is 1. The van der Waals surface area contributed by atoms with Crippen molar-refractivity contribution in [3.8, 4) is 11.1 Å². The summed E-state index contributed by atoms with van der Waals surface area (Å²) in [6.07, 6.45) is 1.40. The van der Waals surface area contributed by atoms with Crippen molar-refractivity contribution in [2.75, 3.05) is 11.9 Å². The molecule has 0 unspecified atom stereocenters. The van der Waals surface area contributed by atoms with Gasteiger partial charge in [0.05, 0.1) is 5.69 Å². The Balaban J connectivity index is 1.42. The number of rotatable bonds is 3. The number of urea groups is 1. The average Bonchev–Trinajstić information content (AvgIpc) is 3.41. The highest BCUT2D eigenvalue weighted by Crippen LogP contribution is 2.35. The maximum absolute atomic E-state index is 14.2. The Hall–Kier alpha value is -3.81. The van der Waals surface area contributed by atoms with Crippen molar-refractivity contribution in [2.45, 2.75) is 18.9 Å². The molecule has 1 atom stereocenters. The van der Waals surface area contributed by atoms with E-state index in [2.05, 4.69) is 10.3 Å². The molecule has 1 aromatic heterocycles. The van der Waals surface area contributed by atoms with Gasteiger partial charge in [-0.1, -0.05) is 18.2 Å². The normalized spacial score (nSPS) is 16.0. The Morgan fingerprint density at radius 3 is 2.69 bits per heavy atom. The van der Waals surface area contributed by atoms with E-state index in [9.17, 15) is 18.0 Å². The van der Waals surface area contributed by atoms with Gasteiger partial charge in [-0.15, -0.1) is 0 Å². The molecule has 2 amide bonds. The standard InChI is InChI=1S/C24H18F3N3O2/c25-15-8-9-16(18(27)13-15)14-7-10-22-20(12-14)28-23(32-22)21-6-3-11-30(21)24(31)29-19-5-2-1-4-17(19)26/h1-2,4-5,7-10,12-13,21H,3,6,11H2,(H,29,31)/t21-/m0/s1. The van der Waals surface area contributed by atoms with Crippen LogP contribution in [0, 0.1) is 17.5 Å². The van der Waals surface area contributed by atoms with Gasteiger partial charge in [-0.05, 0) is 54.8 Å². The first kappa shape index (κ1) is 20.1. The maximum Gasteiger partial charge on any atom is 0.322 e. The number of para-hydroxylation sites is 1. The van der Waals surface area contributed by atoms with E-state index in [1.54, 1.807) is 35.2 Å². The van der Waals surface area contributed by atoms with E-state index in [4.69, 9.17) is 4.42 Å². The third kappa shape index (κ3) is 3.68. The molecule has 4 aromatic rings. The molecule has 5 rings (SSSR count). The number of amides is 2. The van der Waals surface area contributed by atoms with E-state index in [-0.39, 0.29) is 11.3 Å². The van der Waals surface area contributed by atoms with E-state index in [1.807, 2.05) is 0 Å². The maximum atomic E-state index is 14.2. The number of fused-ring (bicyclic) bond motifs is 1. The van der Waals surface area contributed by atoms with E-state index in [1.165, 1.54) is 24.3 Å². The fourth-order valence-electron chi connectivity index (χ4n) is 4.00. The molecule has 0 spiro atoms. The van der Waals surface area contributed by atoms with Crippen molar-refractivity contribution in [2.24, 2.45) is 0 Å². The molecule has 0 aliphatic carbocycles. The van der Waals surface area contributed by atoms with Crippen LogP contribution < -0.4 is 5.32 Å². The summed E-state index contributed by atoms with van der Waals surface area (Å²) in [5, 5.41) is 2.60. The van der Waals surface area contributed by atoms with Crippen LogP contribution in [0.4, 0.5) is 23.7 Å². The highest BCUT2D eigenvalue weighted by molar-refractivity contribution is 5.90. The second-order valence-electron chi connectivity index (χ2n) is 7.62. The Bertz CT molecular complexity index is 1320. The minimum atomic E-state index is -0.667. The monoisotopic (exact) mass is 437 g/mol. The van der Waals surface area contributed by atoms with Gasteiger partial charge < -0.3 is 14.6 Å². The molecule has 1 fully saturated rings. The van der Waals surface area contributed by atoms with Gasteiger partial charge in [0.15, 0.2) is 5.58 Å². The molecule has 8 heteroatoms. The summed E-state index contributed by atoms with van der Waals surface area (Å²) in [5.74, 6) is -1.47. The number of benzene rings is 3. The SMILES string of the molecule is O=C(Nc1ccccc1F)N1CCC[C@H]1c1nc2cc(-c3ccc(F)cc3F)ccc2o1. The van der Waals surface area contributed by atoms with E-state index in [0.29, 0.717) is 35.5 Å². The number of carbonyl (C=O) groups excluding carboxylic acids is 1. The van der Waals surface area contributed by atoms with Crippen LogP contribution in [0.3, 0.4) is 0 Å². The van der Waals surface area contributed by atoms with Crippen molar-refractivity contribution < 1.29 is 22.4 Å². The molecule has 2 heterocycles. The number of hydrogen-bond donors (Lipinski definition) is 1. The second kappa shape index (κ2) is 8.03. The van der Waals surface area contributed by atoms with Gasteiger partial charge >= 0.3 is 6.03 Å². The smallest absolute Gasteiger partial charge is 0.322 e. The van der Waals surface area contributed by atoms with Crippen LogP contribution in [-0.4, -0.2) is 22.5 Å². The van der Waals surface area contributed by atoms with Gasteiger partial charge in [0.2, 0.25) is 5.89 Å². The third-order valence-corrected chi connectivity index (χ3v) is 5.56. The first-order valence-corrected chi connectivity index (χ1v) is 10.2. The number of oxazole rings is 1. The number of likely N-dealkylation sites (tertiary alicyclic amines) is 1. The molecule has 0 bridgehead atoms. The predicted octanol–water partition coefficient (Wildman–Crippen LogP) is 6.28. The van der Waals surface area contributed by atoms with Gasteiger partial charge in [-0.2, -0.15) is 0 Å². The Morgan fingerprint density at radius 1 is 1.03 bits per heavy atom. The highest BCUT2D eigenvalue weighted by Gasteiger charge is 2.34. The highest BCUT2D eigenvalue weighted by atomic mass is 19.1. The lowest BCUT2D eigenvalue weighted by atomic mass is 10.0. The lowest BCUT2D eigenvalue weighted by Crippen LogP contribution is -2.34. The van der Waals surface area contributed by atoms with Crippen molar-refractivity contribution in [3.63, 3.8) is 0 Å². The first-order valence-electron chi connectivity index (χ1n) is 10.2. The fourth-order valence-corrected chi connectivity index (χ4v) is 4.00. The number of nitrogens with one attached hydrogen (secondary N) is 1. The molecule has 1 aliphatic heterocycles. The van der Waals surface area contributed by atoms with Gasteiger partial charge in [-0.3, -0.25) is 0 Å². The van der Waals surface area contributed by atoms with Crippen molar-refractivity contribution in [3.05, 3.63) is 84.0 Å². The zero-order valence-corrected chi connectivity index (χ0v) is 16.8. The summed E-state index contributed by atoms with van der Waals surface area (Å²) in [7, 11) is 0. The zero-order valence-electron chi connectivity index (χ0n) is 16.8. The quantitative estimate of drug-likeness (QED) is 0.410. The van der Waals surface area contributed by atoms with Crippen LogP contribution in [0.2, 0.25) is 0 Å². The van der Waals surface area contributed by atoms with E-state index in [0.717, 1.165) is 12.5 Å². The number of nitrogens with zero attached hydrogens (tertiary/aromatic N) is 2. The number of halogens is 3. The minimum Gasteiger partial charge on any atom is -0.438 e. The fraction of sp³-hybridized carbons (Fsp3) is 0.167. The summed E-state index contributed by atoms with van der Waals surface area (Å²) in [5.41, 5.74) is 1.89.